The number of amides is 1. The highest BCUT2D eigenvalue weighted by atomic mass is 16.4. The van der Waals surface area contributed by atoms with Crippen molar-refractivity contribution in [3.63, 3.8) is 0 Å². The predicted molar refractivity (Wildman–Crippen MR) is 75.0 cm³/mol. The minimum atomic E-state index is -0.990. The largest absolute Gasteiger partial charge is 0.478 e. The van der Waals surface area contributed by atoms with Crippen LogP contribution < -0.4 is 10.6 Å². The van der Waals surface area contributed by atoms with Crippen LogP contribution in [0.25, 0.3) is 0 Å². The zero-order valence-electron chi connectivity index (χ0n) is 11.3. The van der Waals surface area contributed by atoms with Gasteiger partial charge in [0.15, 0.2) is 0 Å². The molecule has 1 aliphatic heterocycles. The van der Waals surface area contributed by atoms with Crippen molar-refractivity contribution in [2.45, 2.75) is 0 Å². The van der Waals surface area contributed by atoms with Crippen LogP contribution in [0.3, 0.4) is 0 Å². The second-order valence-electron chi connectivity index (χ2n) is 4.73. The quantitative estimate of drug-likeness (QED) is 0.707. The number of aromatic carboxylic acids is 1. The number of carbonyl (C=O) groups is 2. The first-order valence-electron chi connectivity index (χ1n) is 6.71. The van der Waals surface area contributed by atoms with Crippen LogP contribution in [0.1, 0.15) is 20.7 Å². The standard InChI is InChI=1S/C14H19N3O3/c18-13(11-1-3-12(4-2-11)14(19)20)16-7-10-17-8-5-15-6-9-17/h1-4,15H,5-10H2,(H,16,18)(H,19,20). The van der Waals surface area contributed by atoms with Crippen molar-refractivity contribution < 1.29 is 14.7 Å². The fraction of sp³-hybridized carbons (Fsp3) is 0.429. The third-order valence-electron chi connectivity index (χ3n) is 3.32. The monoisotopic (exact) mass is 277 g/mol. The minimum Gasteiger partial charge on any atom is -0.478 e. The molecule has 0 saturated carbocycles. The van der Waals surface area contributed by atoms with Crippen LogP contribution >= 0.6 is 0 Å². The van der Waals surface area contributed by atoms with Crippen molar-refractivity contribution in [3.8, 4) is 0 Å². The molecule has 108 valence electrons. The van der Waals surface area contributed by atoms with Crippen LogP contribution in [0.4, 0.5) is 0 Å². The number of carbonyl (C=O) groups excluding carboxylic acids is 1. The number of hydrogen-bond acceptors (Lipinski definition) is 4. The molecule has 2 rings (SSSR count). The normalized spacial score (nSPS) is 15.8. The predicted octanol–water partition coefficient (Wildman–Crippen LogP) is 0.0198. The summed E-state index contributed by atoms with van der Waals surface area (Å²) in [5, 5.41) is 14.9. The lowest BCUT2D eigenvalue weighted by molar-refractivity contribution is 0.0696. The van der Waals surface area contributed by atoms with Crippen molar-refractivity contribution in [1.29, 1.82) is 0 Å². The van der Waals surface area contributed by atoms with Gasteiger partial charge in [-0.15, -0.1) is 0 Å². The molecule has 1 fully saturated rings. The van der Waals surface area contributed by atoms with Gasteiger partial charge in [-0.2, -0.15) is 0 Å². The highest BCUT2D eigenvalue weighted by molar-refractivity contribution is 5.95. The minimum absolute atomic E-state index is 0.169. The number of nitrogens with one attached hydrogen (secondary N) is 2. The summed E-state index contributed by atoms with van der Waals surface area (Å²) in [7, 11) is 0. The molecular formula is C14H19N3O3. The van der Waals surface area contributed by atoms with Gasteiger partial charge in [0.2, 0.25) is 0 Å². The number of nitrogens with zero attached hydrogens (tertiary/aromatic N) is 1. The maximum Gasteiger partial charge on any atom is 0.335 e. The van der Waals surface area contributed by atoms with E-state index in [1.54, 1.807) is 0 Å². The van der Waals surface area contributed by atoms with Gasteiger partial charge in [-0.05, 0) is 24.3 Å². The van der Waals surface area contributed by atoms with Gasteiger partial charge in [-0.1, -0.05) is 0 Å². The van der Waals surface area contributed by atoms with E-state index in [9.17, 15) is 9.59 Å². The van der Waals surface area contributed by atoms with Gasteiger partial charge in [0.25, 0.3) is 5.91 Å². The smallest absolute Gasteiger partial charge is 0.335 e. The fourth-order valence-corrected chi connectivity index (χ4v) is 2.13. The SMILES string of the molecule is O=C(O)c1ccc(C(=O)NCCN2CCNCC2)cc1. The van der Waals surface area contributed by atoms with Gasteiger partial charge in [0.05, 0.1) is 5.56 Å². The van der Waals surface area contributed by atoms with Crippen LogP contribution in [0, 0.1) is 0 Å². The highest BCUT2D eigenvalue weighted by Crippen LogP contribution is 2.04. The second kappa shape index (κ2) is 7.02. The molecule has 0 radical (unpaired) electrons. The number of rotatable bonds is 5. The zero-order valence-corrected chi connectivity index (χ0v) is 11.3. The summed E-state index contributed by atoms with van der Waals surface area (Å²) in [6.07, 6.45) is 0. The Kier molecular flexibility index (Phi) is 5.09. The van der Waals surface area contributed by atoms with Gasteiger partial charge in [-0.25, -0.2) is 4.79 Å². The zero-order chi connectivity index (χ0) is 14.4. The second-order valence-corrected chi connectivity index (χ2v) is 4.73. The van der Waals surface area contributed by atoms with Crippen LogP contribution in [0.15, 0.2) is 24.3 Å². The summed E-state index contributed by atoms with van der Waals surface area (Å²) >= 11 is 0. The molecule has 1 amide bonds. The van der Waals surface area contributed by atoms with E-state index in [1.165, 1.54) is 24.3 Å². The van der Waals surface area contributed by atoms with E-state index in [0.29, 0.717) is 12.1 Å². The van der Waals surface area contributed by atoms with Crippen molar-refractivity contribution in [2.24, 2.45) is 0 Å². The van der Waals surface area contributed by atoms with E-state index < -0.39 is 5.97 Å². The molecule has 0 bridgehead atoms. The van der Waals surface area contributed by atoms with Crippen molar-refractivity contribution in [1.82, 2.24) is 15.5 Å². The molecule has 1 saturated heterocycles. The number of carboxylic acids is 1. The molecule has 0 spiro atoms. The Morgan fingerprint density at radius 2 is 1.75 bits per heavy atom. The Labute approximate surface area is 117 Å². The molecule has 1 aromatic carbocycles. The summed E-state index contributed by atoms with van der Waals surface area (Å²) in [5.41, 5.74) is 0.665. The van der Waals surface area contributed by atoms with E-state index in [-0.39, 0.29) is 11.5 Å². The maximum atomic E-state index is 11.9. The average molecular weight is 277 g/mol. The lowest BCUT2D eigenvalue weighted by Crippen LogP contribution is -2.46. The lowest BCUT2D eigenvalue weighted by atomic mass is 10.1. The van der Waals surface area contributed by atoms with Crippen LogP contribution in [-0.4, -0.2) is 61.2 Å². The molecule has 0 unspecified atom stereocenters. The molecule has 0 aliphatic carbocycles. The molecule has 1 heterocycles. The molecule has 0 aromatic heterocycles. The molecule has 1 aliphatic rings. The summed E-state index contributed by atoms with van der Waals surface area (Å²) in [5.74, 6) is -1.16. The molecule has 6 heteroatoms. The van der Waals surface area contributed by atoms with E-state index in [4.69, 9.17) is 5.11 Å². The Balaban J connectivity index is 1.77. The van der Waals surface area contributed by atoms with Crippen molar-refractivity contribution in [2.75, 3.05) is 39.3 Å². The van der Waals surface area contributed by atoms with Crippen molar-refractivity contribution in [3.05, 3.63) is 35.4 Å². The summed E-state index contributed by atoms with van der Waals surface area (Å²) in [6, 6.07) is 5.94. The lowest BCUT2D eigenvalue weighted by Gasteiger charge is -2.27. The summed E-state index contributed by atoms with van der Waals surface area (Å²) < 4.78 is 0. The Morgan fingerprint density at radius 3 is 2.35 bits per heavy atom. The number of carboxylic acid groups (broad SMARTS) is 1. The Morgan fingerprint density at radius 1 is 1.15 bits per heavy atom. The van der Waals surface area contributed by atoms with Gasteiger partial charge in [0.1, 0.15) is 0 Å². The maximum absolute atomic E-state index is 11.9. The van der Waals surface area contributed by atoms with E-state index in [2.05, 4.69) is 15.5 Å². The summed E-state index contributed by atoms with van der Waals surface area (Å²) in [4.78, 5) is 24.9. The topological polar surface area (TPSA) is 81.7 Å². The molecule has 3 N–H and O–H groups in total. The van der Waals surface area contributed by atoms with Crippen molar-refractivity contribution >= 4 is 11.9 Å². The van der Waals surface area contributed by atoms with E-state index in [1.807, 2.05) is 0 Å². The van der Waals surface area contributed by atoms with Gasteiger partial charge < -0.3 is 15.7 Å². The first-order chi connectivity index (χ1) is 9.66. The number of piperazine rings is 1. The van der Waals surface area contributed by atoms with Crippen LogP contribution in [0.2, 0.25) is 0 Å². The third-order valence-corrected chi connectivity index (χ3v) is 3.32. The fourth-order valence-electron chi connectivity index (χ4n) is 2.13. The third kappa shape index (κ3) is 4.04. The first kappa shape index (κ1) is 14.5. The molecule has 20 heavy (non-hydrogen) atoms. The molecular weight excluding hydrogens is 258 g/mol. The van der Waals surface area contributed by atoms with Crippen LogP contribution in [-0.2, 0) is 0 Å². The average Bonchev–Trinajstić information content (AvgIpc) is 2.48. The molecule has 0 atom stereocenters. The highest BCUT2D eigenvalue weighted by Gasteiger charge is 2.10. The van der Waals surface area contributed by atoms with Crippen LogP contribution in [0.5, 0.6) is 0 Å². The van der Waals surface area contributed by atoms with Gasteiger partial charge in [0, 0.05) is 44.8 Å². The molecule has 1 aromatic rings. The van der Waals surface area contributed by atoms with Gasteiger partial charge >= 0.3 is 5.97 Å². The summed E-state index contributed by atoms with van der Waals surface area (Å²) in [6.45, 7) is 5.42. The Hall–Kier alpha value is -1.92. The Bertz CT molecular complexity index is 467. The number of benzene rings is 1. The molecule has 6 nitrogen and oxygen atoms in total. The van der Waals surface area contributed by atoms with Gasteiger partial charge in [-0.3, -0.25) is 9.69 Å². The van der Waals surface area contributed by atoms with E-state index >= 15 is 0 Å². The first-order valence-corrected chi connectivity index (χ1v) is 6.71. The number of hydrogen-bond donors (Lipinski definition) is 3. The van der Waals surface area contributed by atoms with E-state index in [0.717, 1.165) is 32.7 Å².